The van der Waals surface area contributed by atoms with Crippen molar-refractivity contribution in [2.75, 3.05) is 5.75 Å². The Bertz CT molecular complexity index is 701. The highest BCUT2D eigenvalue weighted by Gasteiger charge is 2.19. The molecule has 0 spiro atoms. The van der Waals surface area contributed by atoms with E-state index in [1.807, 2.05) is 0 Å². The second-order valence-corrected chi connectivity index (χ2v) is 5.92. The zero-order valence-electron chi connectivity index (χ0n) is 11.4. The smallest absolute Gasteiger partial charge is 0.258 e. The Morgan fingerprint density at radius 3 is 2.90 bits per heavy atom. The maximum atomic E-state index is 11.7. The monoisotopic (exact) mass is 308 g/mol. The summed E-state index contributed by atoms with van der Waals surface area (Å²) in [5.74, 6) is 0.434. The van der Waals surface area contributed by atoms with E-state index < -0.39 is 12.2 Å². The molecule has 0 fully saturated rings. The van der Waals surface area contributed by atoms with E-state index in [9.17, 15) is 19.8 Å². The lowest BCUT2D eigenvalue weighted by atomic mass is 10.0. The number of fused-ring (bicyclic) bond motifs is 1. The first-order valence-corrected chi connectivity index (χ1v) is 7.44. The van der Waals surface area contributed by atoms with Crippen molar-refractivity contribution < 1.29 is 15.0 Å². The summed E-state index contributed by atoms with van der Waals surface area (Å²) in [5, 5.41) is 20.4. The second kappa shape index (κ2) is 6.84. The van der Waals surface area contributed by atoms with Gasteiger partial charge in [-0.15, -0.1) is 0 Å². The van der Waals surface area contributed by atoms with Crippen molar-refractivity contribution in [1.29, 1.82) is 0 Å². The first kappa shape index (κ1) is 15.7. The molecule has 0 aliphatic rings. The summed E-state index contributed by atoms with van der Waals surface area (Å²) in [6, 6.07) is 4.77. The Hall–Kier alpha value is -1.70. The molecule has 1 heterocycles. The fraction of sp³-hybridized carbons (Fsp3) is 0.357. The van der Waals surface area contributed by atoms with E-state index >= 15 is 0 Å². The first-order valence-electron chi connectivity index (χ1n) is 6.46. The minimum absolute atomic E-state index is 0.0278. The zero-order chi connectivity index (χ0) is 15.4. The van der Waals surface area contributed by atoms with E-state index in [2.05, 4.69) is 9.97 Å². The molecule has 21 heavy (non-hydrogen) atoms. The summed E-state index contributed by atoms with van der Waals surface area (Å²) in [5.41, 5.74) is 0.674. The van der Waals surface area contributed by atoms with Gasteiger partial charge in [-0.25, -0.2) is 4.98 Å². The molecule has 2 aromatic rings. The number of nitrogens with one attached hydrogen (secondary N) is 1. The van der Waals surface area contributed by atoms with Crippen molar-refractivity contribution in [1.82, 2.24) is 9.97 Å². The third kappa shape index (κ3) is 3.90. The van der Waals surface area contributed by atoms with Gasteiger partial charge >= 0.3 is 0 Å². The van der Waals surface area contributed by atoms with Crippen molar-refractivity contribution in [3.63, 3.8) is 0 Å². The van der Waals surface area contributed by atoms with Crippen LogP contribution in [-0.4, -0.2) is 37.2 Å². The van der Waals surface area contributed by atoms with Crippen LogP contribution < -0.4 is 5.56 Å². The SMILES string of the molecule is CC(=O)SCCC(O)C(O)c1ccc2nc[nH]c(=O)c2c1. The second-order valence-electron chi connectivity index (χ2n) is 4.65. The van der Waals surface area contributed by atoms with Gasteiger partial charge in [0.05, 0.1) is 23.3 Å². The number of H-pyrrole nitrogens is 1. The van der Waals surface area contributed by atoms with Crippen LogP contribution in [0.5, 0.6) is 0 Å². The van der Waals surface area contributed by atoms with E-state index in [0.29, 0.717) is 22.2 Å². The lowest BCUT2D eigenvalue weighted by molar-refractivity contribution is -0.109. The third-order valence-electron chi connectivity index (χ3n) is 3.09. The minimum atomic E-state index is -1.11. The molecular weight excluding hydrogens is 292 g/mol. The summed E-state index contributed by atoms with van der Waals surface area (Å²) in [4.78, 5) is 29.0. The summed E-state index contributed by atoms with van der Waals surface area (Å²) in [7, 11) is 0. The van der Waals surface area contributed by atoms with Crippen LogP contribution >= 0.6 is 11.8 Å². The van der Waals surface area contributed by atoms with Gasteiger partial charge in [-0.3, -0.25) is 9.59 Å². The van der Waals surface area contributed by atoms with Crippen molar-refractivity contribution in [2.24, 2.45) is 0 Å². The normalized spacial score (nSPS) is 14.0. The maximum absolute atomic E-state index is 11.7. The molecule has 2 rings (SSSR count). The van der Waals surface area contributed by atoms with E-state index in [1.165, 1.54) is 19.3 Å². The van der Waals surface area contributed by atoms with E-state index in [1.54, 1.807) is 12.1 Å². The Kier molecular flexibility index (Phi) is 5.11. The van der Waals surface area contributed by atoms with Crippen molar-refractivity contribution in [3.05, 3.63) is 40.4 Å². The molecule has 0 saturated carbocycles. The molecule has 6 nitrogen and oxygen atoms in total. The quantitative estimate of drug-likeness (QED) is 0.761. The van der Waals surface area contributed by atoms with Crippen LogP contribution in [0, 0.1) is 0 Å². The fourth-order valence-electron chi connectivity index (χ4n) is 1.97. The van der Waals surface area contributed by atoms with Gasteiger partial charge in [0.25, 0.3) is 5.56 Å². The summed E-state index contributed by atoms with van der Waals surface area (Å²) < 4.78 is 0. The van der Waals surface area contributed by atoms with Gasteiger partial charge in [-0.05, 0) is 24.1 Å². The standard InChI is InChI=1S/C14H16N2O4S/c1-8(17)21-5-4-12(18)13(19)9-2-3-11-10(6-9)14(20)16-7-15-11/h2-3,6-7,12-13,18-19H,4-5H2,1H3,(H,15,16,20). The highest BCUT2D eigenvalue weighted by Crippen LogP contribution is 2.22. The highest BCUT2D eigenvalue weighted by atomic mass is 32.2. The van der Waals surface area contributed by atoms with Crippen LogP contribution in [0.15, 0.2) is 29.3 Å². The summed E-state index contributed by atoms with van der Waals surface area (Å²) in [6.45, 7) is 1.45. The van der Waals surface area contributed by atoms with Gasteiger partial charge < -0.3 is 15.2 Å². The average molecular weight is 308 g/mol. The summed E-state index contributed by atoms with van der Waals surface area (Å²) >= 11 is 1.10. The number of thioether (sulfide) groups is 1. The molecule has 2 atom stereocenters. The lowest BCUT2D eigenvalue weighted by Crippen LogP contribution is -2.19. The number of aromatic nitrogens is 2. The largest absolute Gasteiger partial charge is 0.390 e. The zero-order valence-corrected chi connectivity index (χ0v) is 12.3. The molecule has 112 valence electrons. The van der Waals surface area contributed by atoms with Crippen LogP contribution in [0.25, 0.3) is 10.9 Å². The number of hydrogen-bond donors (Lipinski definition) is 3. The molecule has 1 aromatic carbocycles. The predicted molar refractivity (Wildman–Crippen MR) is 81.1 cm³/mol. The van der Waals surface area contributed by atoms with Gasteiger partial charge in [-0.2, -0.15) is 0 Å². The van der Waals surface area contributed by atoms with Crippen LogP contribution in [-0.2, 0) is 4.79 Å². The molecule has 1 aromatic heterocycles. The number of hydrogen-bond acceptors (Lipinski definition) is 6. The molecule has 0 aliphatic carbocycles. The molecular formula is C14H16N2O4S. The Morgan fingerprint density at radius 1 is 1.43 bits per heavy atom. The van der Waals surface area contributed by atoms with Gasteiger partial charge in [0.1, 0.15) is 6.10 Å². The first-order chi connectivity index (χ1) is 9.99. The lowest BCUT2D eigenvalue weighted by Gasteiger charge is -2.18. The Morgan fingerprint density at radius 2 is 2.19 bits per heavy atom. The molecule has 0 aliphatic heterocycles. The van der Waals surface area contributed by atoms with E-state index in [4.69, 9.17) is 0 Å². The number of nitrogens with zero attached hydrogens (tertiary/aromatic N) is 1. The number of carbonyl (C=O) groups is 1. The number of aliphatic hydroxyl groups is 2. The molecule has 0 radical (unpaired) electrons. The Labute approximate surface area is 125 Å². The van der Waals surface area contributed by atoms with Crippen LogP contribution in [0.3, 0.4) is 0 Å². The van der Waals surface area contributed by atoms with Gasteiger partial charge in [0.15, 0.2) is 5.12 Å². The van der Waals surface area contributed by atoms with E-state index in [0.717, 1.165) is 11.8 Å². The highest BCUT2D eigenvalue weighted by molar-refractivity contribution is 8.13. The van der Waals surface area contributed by atoms with Gasteiger partial charge in [-0.1, -0.05) is 17.8 Å². The summed E-state index contributed by atoms with van der Waals surface area (Å²) in [6.07, 6.45) is -0.506. The van der Waals surface area contributed by atoms with Crippen molar-refractivity contribution in [3.8, 4) is 0 Å². The molecule has 3 N–H and O–H groups in total. The van der Waals surface area contributed by atoms with Crippen LogP contribution in [0.1, 0.15) is 25.0 Å². The Balaban J connectivity index is 2.15. The number of benzene rings is 1. The number of aromatic amines is 1. The molecule has 2 unspecified atom stereocenters. The topological polar surface area (TPSA) is 103 Å². The van der Waals surface area contributed by atoms with Crippen LogP contribution in [0.2, 0.25) is 0 Å². The molecule has 0 saturated heterocycles. The van der Waals surface area contributed by atoms with Crippen molar-refractivity contribution in [2.45, 2.75) is 25.6 Å². The fourth-order valence-corrected chi connectivity index (χ4v) is 2.62. The third-order valence-corrected chi connectivity index (χ3v) is 3.94. The minimum Gasteiger partial charge on any atom is -0.390 e. The number of rotatable bonds is 5. The van der Waals surface area contributed by atoms with E-state index in [-0.39, 0.29) is 17.1 Å². The molecule has 0 bridgehead atoms. The van der Waals surface area contributed by atoms with Crippen LogP contribution in [0.4, 0.5) is 0 Å². The average Bonchev–Trinajstić information content (AvgIpc) is 2.46. The van der Waals surface area contributed by atoms with Crippen molar-refractivity contribution >= 4 is 27.8 Å². The van der Waals surface area contributed by atoms with Gasteiger partial charge in [0.2, 0.25) is 0 Å². The molecule has 0 amide bonds. The maximum Gasteiger partial charge on any atom is 0.258 e. The predicted octanol–water partition coefficient (Wildman–Crippen LogP) is 0.987. The number of aliphatic hydroxyl groups excluding tert-OH is 2. The van der Waals surface area contributed by atoms with Gasteiger partial charge in [0, 0.05) is 12.7 Å². The molecule has 7 heteroatoms. The number of carbonyl (C=O) groups excluding carboxylic acids is 1.